The summed E-state index contributed by atoms with van der Waals surface area (Å²) >= 11 is 0. The molecule has 4 nitrogen and oxygen atoms in total. The van der Waals surface area contributed by atoms with Gasteiger partial charge in [0.15, 0.2) is 5.96 Å². The van der Waals surface area contributed by atoms with E-state index in [1.165, 1.54) is 10.9 Å². The van der Waals surface area contributed by atoms with Crippen molar-refractivity contribution < 1.29 is 0 Å². The van der Waals surface area contributed by atoms with E-state index in [9.17, 15) is 0 Å². The molecule has 2 rings (SSSR count). The molecule has 3 N–H and O–H groups in total. The van der Waals surface area contributed by atoms with Gasteiger partial charge in [-0.2, -0.15) is 0 Å². The molecule has 0 fully saturated rings. The summed E-state index contributed by atoms with van der Waals surface area (Å²) < 4.78 is 2.26. The highest BCUT2D eigenvalue weighted by atomic mass is 15.1. The molecule has 0 aliphatic rings. The van der Waals surface area contributed by atoms with Gasteiger partial charge < -0.3 is 15.6 Å². The Morgan fingerprint density at radius 1 is 1.25 bits per heavy atom. The molecule has 0 unspecified atom stereocenters. The molecule has 1 aromatic carbocycles. The standard InChI is InChI=1S/C16H24N4/c1-16(2,3)19-15(17)18-10-6-11-20-12-9-13-7-4-5-8-14(13)20/h4-5,7-9,12H,6,10-11H2,1-3H3,(H3,17,18,19). The van der Waals surface area contributed by atoms with Crippen LogP contribution in [0, 0.1) is 0 Å². The topological polar surface area (TPSA) is 55.3 Å². The van der Waals surface area contributed by atoms with Crippen molar-refractivity contribution in [1.82, 2.24) is 9.88 Å². The Morgan fingerprint density at radius 3 is 2.75 bits per heavy atom. The number of benzene rings is 1. The monoisotopic (exact) mass is 272 g/mol. The number of aliphatic imine (C=N–C) groups is 1. The van der Waals surface area contributed by atoms with E-state index in [4.69, 9.17) is 5.73 Å². The summed E-state index contributed by atoms with van der Waals surface area (Å²) in [5, 5.41) is 4.45. The first-order chi connectivity index (χ1) is 9.46. The Morgan fingerprint density at radius 2 is 2.00 bits per heavy atom. The fourth-order valence-electron chi connectivity index (χ4n) is 2.20. The van der Waals surface area contributed by atoms with Crippen LogP contribution in [0.25, 0.3) is 10.9 Å². The van der Waals surface area contributed by atoms with Crippen LogP contribution in [0.15, 0.2) is 41.5 Å². The maximum absolute atomic E-state index is 5.84. The molecular weight excluding hydrogens is 248 g/mol. The van der Waals surface area contributed by atoms with Crippen LogP contribution in [-0.4, -0.2) is 22.6 Å². The SMILES string of the molecule is CC(C)(C)NC(N)=NCCCn1ccc2ccccc21. The highest BCUT2D eigenvalue weighted by Crippen LogP contribution is 2.15. The first kappa shape index (κ1) is 14.4. The van der Waals surface area contributed by atoms with Crippen molar-refractivity contribution in [2.45, 2.75) is 39.3 Å². The van der Waals surface area contributed by atoms with Gasteiger partial charge in [-0.25, -0.2) is 0 Å². The predicted molar refractivity (Wildman–Crippen MR) is 85.9 cm³/mol. The number of rotatable bonds is 4. The van der Waals surface area contributed by atoms with Crippen LogP contribution in [0.5, 0.6) is 0 Å². The van der Waals surface area contributed by atoms with Gasteiger partial charge in [-0.15, -0.1) is 0 Å². The first-order valence-electron chi connectivity index (χ1n) is 7.08. The lowest BCUT2D eigenvalue weighted by atomic mass is 10.1. The lowest BCUT2D eigenvalue weighted by Gasteiger charge is -2.20. The number of aromatic nitrogens is 1. The Kier molecular flexibility index (Phi) is 4.32. The minimum Gasteiger partial charge on any atom is -0.370 e. The van der Waals surface area contributed by atoms with Crippen LogP contribution in [-0.2, 0) is 6.54 Å². The van der Waals surface area contributed by atoms with Crippen LogP contribution < -0.4 is 11.1 Å². The van der Waals surface area contributed by atoms with Crippen molar-refractivity contribution in [3.05, 3.63) is 36.5 Å². The summed E-state index contributed by atoms with van der Waals surface area (Å²) in [7, 11) is 0. The van der Waals surface area contributed by atoms with Crippen LogP contribution in [0.2, 0.25) is 0 Å². The number of nitrogens with zero attached hydrogens (tertiary/aromatic N) is 2. The minimum atomic E-state index is -0.0375. The average molecular weight is 272 g/mol. The number of para-hydroxylation sites is 1. The summed E-state index contributed by atoms with van der Waals surface area (Å²) in [5.41, 5.74) is 7.08. The second kappa shape index (κ2) is 5.99. The van der Waals surface area contributed by atoms with E-state index in [0.717, 1.165) is 19.5 Å². The molecule has 0 aliphatic carbocycles. The van der Waals surface area contributed by atoms with Gasteiger partial charge in [0.25, 0.3) is 0 Å². The van der Waals surface area contributed by atoms with E-state index in [-0.39, 0.29) is 5.54 Å². The van der Waals surface area contributed by atoms with E-state index in [0.29, 0.717) is 5.96 Å². The second-order valence-electron chi connectivity index (χ2n) is 6.06. The molecule has 1 aromatic heterocycles. The predicted octanol–water partition coefficient (Wildman–Crippen LogP) is 2.73. The Labute approximate surface area is 120 Å². The van der Waals surface area contributed by atoms with E-state index in [1.807, 2.05) is 0 Å². The quantitative estimate of drug-likeness (QED) is 0.511. The zero-order valence-corrected chi connectivity index (χ0v) is 12.6. The number of aryl methyl sites for hydroxylation is 1. The van der Waals surface area contributed by atoms with E-state index < -0.39 is 0 Å². The van der Waals surface area contributed by atoms with Gasteiger partial charge in [-0.05, 0) is 44.7 Å². The number of hydrogen-bond acceptors (Lipinski definition) is 1. The van der Waals surface area contributed by atoms with Crippen molar-refractivity contribution in [2.24, 2.45) is 10.7 Å². The minimum absolute atomic E-state index is 0.0375. The molecule has 0 saturated heterocycles. The molecule has 0 amide bonds. The fraction of sp³-hybridized carbons (Fsp3) is 0.438. The Bertz CT molecular complexity index is 590. The molecule has 0 radical (unpaired) electrons. The summed E-state index contributed by atoms with van der Waals surface area (Å²) in [5.74, 6) is 0.523. The molecule has 0 bridgehead atoms. The summed E-state index contributed by atoms with van der Waals surface area (Å²) in [6.45, 7) is 7.91. The Hall–Kier alpha value is -1.97. The normalized spacial score (nSPS) is 12.8. The molecule has 0 saturated carbocycles. The first-order valence-corrected chi connectivity index (χ1v) is 7.08. The summed E-state index contributed by atoms with van der Waals surface area (Å²) in [6.07, 6.45) is 3.11. The molecular formula is C16H24N4. The van der Waals surface area contributed by atoms with E-state index >= 15 is 0 Å². The molecule has 0 aliphatic heterocycles. The van der Waals surface area contributed by atoms with Crippen molar-refractivity contribution >= 4 is 16.9 Å². The third-order valence-electron chi connectivity index (χ3n) is 3.02. The molecule has 4 heteroatoms. The number of fused-ring (bicyclic) bond motifs is 1. The smallest absolute Gasteiger partial charge is 0.188 e. The van der Waals surface area contributed by atoms with Gasteiger partial charge in [0.2, 0.25) is 0 Å². The highest BCUT2D eigenvalue weighted by Gasteiger charge is 2.09. The van der Waals surface area contributed by atoms with Crippen LogP contribution in [0.3, 0.4) is 0 Å². The van der Waals surface area contributed by atoms with E-state index in [1.54, 1.807) is 0 Å². The number of nitrogens with one attached hydrogen (secondary N) is 1. The molecule has 0 spiro atoms. The highest BCUT2D eigenvalue weighted by molar-refractivity contribution is 5.80. The van der Waals surface area contributed by atoms with Crippen molar-refractivity contribution in [1.29, 1.82) is 0 Å². The average Bonchev–Trinajstić information content (AvgIpc) is 2.76. The van der Waals surface area contributed by atoms with E-state index in [2.05, 4.69) is 72.2 Å². The molecule has 2 aromatic rings. The Balaban J connectivity index is 1.86. The zero-order chi connectivity index (χ0) is 14.6. The van der Waals surface area contributed by atoms with Gasteiger partial charge in [0.1, 0.15) is 0 Å². The maximum Gasteiger partial charge on any atom is 0.188 e. The summed E-state index contributed by atoms with van der Waals surface area (Å²) in [6, 6.07) is 10.6. The number of guanidine groups is 1. The fourth-order valence-corrected chi connectivity index (χ4v) is 2.20. The largest absolute Gasteiger partial charge is 0.370 e. The lowest BCUT2D eigenvalue weighted by molar-refractivity contribution is 0.507. The lowest BCUT2D eigenvalue weighted by Crippen LogP contribution is -2.45. The van der Waals surface area contributed by atoms with Crippen molar-refractivity contribution in [3.63, 3.8) is 0 Å². The number of nitrogens with two attached hydrogens (primary N) is 1. The third kappa shape index (κ3) is 4.02. The zero-order valence-electron chi connectivity index (χ0n) is 12.6. The molecule has 108 valence electrons. The summed E-state index contributed by atoms with van der Waals surface area (Å²) in [4.78, 5) is 4.36. The molecule has 20 heavy (non-hydrogen) atoms. The molecule has 0 atom stereocenters. The third-order valence-corrected chi connectivity index (χ3v) is 3.02. The van der Waals surface area contributed by atoms with Gasteiger partial charge >= 0.3 is 0 Å². The second-order valence-corrected chi connectivity index (χ2v) is 6.06. The van der Waals surface area contributed by atoms with Crippen LogP contribution in [0.4, 0.5) is 0 Å². The van der Waals surface area contributed by atoms with Crippen molar-refractivity contribution in [3.8, 4) is 0 Å². The van der Waals surface area contributed by atoms with Gasteiger partial charge in [-0.1, -0.05) is 18.2 Å². The van der Waals surface area contributed by atoms with Gasteiger partial charge in [0, 0.05) is 30.3 Å². The van der Waals surface area contributed by atoms with Crippen molar-refractivity contribution in [2.75, 3.05) is 6.54 Å². The van der Waals surface area contributed by atoms with Crippen LogP contribution in [0.1, 0.15) is 27.2 Å². The van der Waals surface area contributed by atoms with Gasteiger partial charge in [-0.3, -0.25) is 4.99 Å². The number of hydrogen-bond donors (Lipinski definition) is 2. The molecule has 1 heterocycles. The van der Waals surface area contributed by atoms with Gasteiger partial charge in [0.05, 0.1) is 0 Å². The van der Waals surface area contributed by atoms with Crippen LogP contribution >= 0.6 is 0 Å². The maximum atomic E-state index is 5.84.